The first kappa shape index (κ1) is 26.0. The monoisotopic (exact) mass is 501 g/mol. The van der Waals surface area contributed by atoms with Crippen LogP contribution in [0.15, 0.2) is 78.9 Å². The zero-order valence-corrected chi connectivity index (χ0v) is 21.5. The molecule has 2 amide bonds. The van der Waals surface area contributed by atoms with E-state index in [-0.39, 0.29) is 30.9 Å². The molecule has 8 nitrogen and oxygen atoms in total. The smallest absolute Gasteiger partial charge is 0.242 e. The summed E-state index contributed by atoms with van der Waals surface area (Å²) in [4.78, 5) is 31.6. The lowest BCUT2D eigenvalue weighted by atomic mass is 10.2. The average molecular weight is 502 g/mol. The molecule has 1 atom stereocenters. The van der Waals surface area contributed by atoms with E-state index in [1.54, 1.807) is 9.80 Å². The van der Waals surface area contributed by atoms with E-state index in [9.17, 15) is 9.59 Å². The fraction of sp³-hybridized carbons (Fsp3) is 0.310. The van der Waals surface area contributed by atoms with Gasteiger partial charge in [0.2, 0.25) is 11.8 Å². The maximum Gasteiger partial charge on any atom is 0.242 e. The summed E-state index contributed by atoms with van der Waals surface area (Å²) < 4.78 is 5.98. The molecule has 3 aromatic carbocycles. The summed E-state index contributed by atoms with van der Waals surface area (Å²) in [7, 11) is 3.98. The summed E-state index contributed by atoms with van der Waals surface area (Å²) in [5.41, 5.74) is 8.84. The van der Waals surface area contributed by atoms with E-state index in [2.05, 4.69) is 5.32 Å². The molecular formula is C29H35N5O3. The van der Waals surface area contributed by atoms with Crippen molar-refractivity contribution in [3.63, 3.8) is 0 Å². The summed E-state index contributed by atoms with van der Waals surface area (Å²) >= 11 is 0. The molecule has 0 aliphatic carbocycles. The predicted molar refractivity (Wildman–Crippen MR) is 147 cm³/mol. The minimum Gasteiger partial charge on any atom is -0.457 e. The summed E-state index contributed by atoms with van der Waals surface area (Å²) in [6.07, 6.45) is 0.791. The van der Waals surface area contributed by atoms with Gasteiger partial charge >= 0.3 is 0 Å². The van der Waals surface area contributed by atoms with Crippen molar-refractivity contribution in [2.45, 2.75) is 19.0 Å². The molecule has 3 N–H and O–H groups in total. The number of benzene rings is 3. The first-order valence-corrected chi connectivity index (χ1v) is 12.5. The number of anilines is 2. The molecule has 0 aromatic heterocycles. The highest BCUT2D eigenvalue weighted by atomic mass is 16.5. The first-order valence-electron chi connectivity index (χ1n) is 12.5. The maximum absolute atomic E-state index is 13.1. The van der Waals surface area contributed by atoms with Crippen LogP contribution in [0.2, 0.25) is 0 Å². The van der Waals surface area contributed by atoms with Crippen LogP contribution < -0.4 is 25.6 Å². The molecule has 0 spiro atoms. The number of rotatable bonds is 10. The van der Waals surface area contributed by atoms with Crippen molar-refractivity contribution in [3.8, 4) is 11.5 Å². The molecule has 0 radical (unpaired) electrons. The van der Waals surface area contributed by atoms with Gasteiger partial charge in [0.1, 0.15) is 11.5 Å². The van der Waals surface area contributed by atoms with Crippen molar-refractivity contribution in [3.05, 3.63) is 84.4 Å². The van der Waals surface area contributed by atoms with E-state index in [0.717, 1.165) is 23.4 Å². The molecule has 1 aliphatic heterocycles. The Labute approximate surface area is 218 Å². The van der Waals surface area contributed by atoms with Crippen molar-refractivity contribution in [1.29, 1.82) is 0 Å². The highest BCUT2D eigenvalue weighted by Crippen LogP contribution is 2.26. The second kappa shape index (κ2) is 12.3. The van der Waals surface area contributed by atoms with Crippen molar-refractivity contribution in [2.24, 2.45) is 5.73 Å². The Balaban J connectivity index is 1.45. The number of carbonyl (C=O) groups excluding carboxylic acids is 2. The normalized spacial score (nSPS) is 14.8. The SMILES string of the molecule is CN(C)c1ccc(CNC(=O)CN(CC(=O)N2CCC(N)C2)c2cccc(Oc3ccccc3)c2)cc1. The van der Waals surface area contributed by atoms with Crippen LogP contribution in [-0.4, -0.2) is 63.0 Å². The van der Waals surface area contributed by atoms with E-state index in [1.165, 1.54) is 0 Å². The lowest BCUT2D eigenvalue weighted by molar-refractivity contribution is -0.128. The van der Waals surface area contributed by atoms with Gasteiger partial charge in [-0.2, -0.15) is 0 Å². The van der Waals surface area contributed by atoms with Crippen LogP contribution in [0.1, 0.15) is 12.0 Å². The molecule has 4 rings (SSSR count). The molecule has 1 aliphatic rings. The quantitative estimate of drug-likeness (QED) is 0.443. The van der Waals surface area contributed by atoms with Gasteiger partial charge in [0.25, 0.3) is 0 Å². The number of nitrogens with one attached hydrogen (secondary N) is 1. The van der Waals surface area contributed by atoms with Crippen LogP contribution in [0.4, 0.5) is 11.4 Å². The number of hydrogen-bond donors (Lipinski definition) is 2. The lowest BCUT2D eigenvalue weighted by Crippen LogP contribution is -2.44. The molecule has 8 heteroatoms. The topological polar surface area (TPSA) is 91.1 Å². The van der Waals surface area contributed by atoms with Crippen molar-refractivity contribution in [2.75, 3.05) is 50.1 Å². The predicted octanol–water partition coefficient (Wildman–Crippen LogP) is 3.23. The number of ether oxygens (including phenoxy) is 1. The van der Waals surface area contributed by atoms with Crippen molar-refractivity contribution >= 4 is 23.2 Å². The van der Waals surface area contributed by atoms with Gasteiger partial charge < -0.3 is 30.5 Å². The Bertz CT molecular complexity index is 1180. The van der Waals surface area contributed by atoms with Crippen LogP contribution in [0.3, 0.4) is 0 Å². The van der Waals surface area contributed by atoms with Crippen LogP contribution >= 0.6 is 0 Å². The Kier molecular flexibility index (Phi) is 8.64. The number of para-hydroxylation sites is 1. The summed E-state index contributed by atoms with van der Waals surface area (Å²) in [6.45, 7) is 1.70. The van der Waals surface area contributed by atoms with Gasteiger partial charge in [-0.3, -0.25) is 9.59 Å². The molecular weight excluding hydrogens is 466 g/mol. The van der Waals surface area contributed by atoms with E-state index in [1.807, 2.05) is 97.9 Å². The standard InChI is InChI=1S/C29H35N5O3/c1-32(2)24-13-11-22(12-14-24)18-31-28(35)20-34(21-29(36)33-16-15-23(30)19-33)25-7-6-10-27(17-25)37-26-8-4-3-5-9-26/h3-14,17,23H,15-16,18-21,30H2,1-2H3,(H,31,35). The lowest BCUT2D eigenvalue weighted by Gasteiger charge is -2.27. The summed E-state index contributed by atoms with van der Waals surface area (Å²) in [6, 6.07) is 25.0. The fourth-order valence-corrected chi connectivity index (χ4v) is 4.23. The van der Waals surface area contributed by atoms with Gasteiger partial charge in [-0.15, -0.1) is 0 Å². The number of nitrogens with zero attached hydrogens (tertiary/aromatic N) is 3. The van der Waals surface area contributed by atoms with Gasteiger partial charge in [0.05, 0.1) is 13.1 Å². The highest BCUT2D eigenvalue weighted by Gasteiger charge is 2.26. The Morgan fingerprint density at radius 2 is 1.68 bits per heavy atom. The maximum atomic E-state index is 13.1. The van der Waals surface area contributed by atoms with E-state index < -0.39 is 0 Å². The minimum atomic E-state index is -0.169. The first-order chi connectivity index (χ1) is 17.9. The number of amides is 2. The van der Waals surface area contributed by atoms with Crippen LogP contribution in [0, 0.1) is 0 Å². The average Bonchev–Trinajstić information content (AvgIpc) is 3.34. The molecule has 1 heterocycles. The second-order valence-corrected chi connectivity index (χ2v) is 9.49. The van der Waals surface area contributed by atoms with E-state index in [0.29, 0.717) is 31.1 Å². The number of hydrogen-bond acceptors (Lipinski definition) is 6. The zero-order chi connectivity index (χ0) is 26.2. The third-order valence-electron chi connectivity index (χ3n) is 6.34. The fourth-order valence-electron chi connectivity index (χ4n) is 4.23. The Morgan fingerprint density at radius 3 is 2.35 bits per heavy atom. The van der Waals surface area contributed by atoms with E-state index in [4.69, 9.17) is 10.5 Å². The minimum absolute atomic E-state index is 0.00202. The number of nitrogens with two attached hydrogens (primary N) is 1. The van der Waals surface area contributed by atoms with Gasteiger partial charge in [-0.25, -0.2) is 0 Å². The largest absolute Gasteiger partial charge is 0.457 e. The number of carbonyl (C=O) groups is 2. The molecule has 1 fully saturated rings. The molecule has 194 valence electrons. The van der Waals surface area contributed by atoms with Crippen LogP contribution in [-0.2, 0) is 16.1 Å². The second-order valence-electron chi connectivity index (χ2n) is 9.49. The highest BCUT2D eigenvalue weighted by molar-refractivity contribution is 5.86. The van der Waals surface area contributed by atoms with Crippen molar-refractivity contribution in [1.82, 2.24) is 10.2 Å². The van der Waals surface area contributed by atoms with Gasteiger partial charge in [0, 0.05) is 57.2 Å². The van der Waals surface area contributed by atoms with Crippen molar-refractivity contribution < 1.29 is 14.3 Å². The van der Waals surface area contributed by atoms with Gasteiger partial charge in [0.15, 0.2) is 0 Å². The molecule has 37 heavy (non-hydrogen) atoms. The Hall–Kier alpha value is -4.04. The van der Waals surface area contributed by atoms with Crippen LogP contribution in [0.25, 0.3) is 0 Å². The van der Waals surface area contributed by atoms with Crippen LogP contribution in [0.5, 0.6) is 11.5 Å². The van der Waals surface area contributed by atoms with E-state index >= 15 is 0 Å². The number of likely N-dealkylation sites (tertiary alicyclic amines) is 1. The summed E-state index contributed by atoms with van der Waals surface area (Å²) in [5.74, 6) is 1.13. The third-order valence-corrected chi connectivity index (χ3v) is 6.34. The van der Waals surface area contributed by atoms with Gasteiger partial charge in [-0.1, -0.05) is 36.4 Å². The molecule has 1 unspecified atom stereocenters. The molecule has 3 aromatic rings. The third kappa shape index (κ3) is 7.47. The molecule has 0 saturated carbocycles. The molecule has 0 bridgehead atoms. The van der Waals surface area contributed by atoms with Gasteiger partial charge in [-0.05, 0) is 48.4 Å². The summed E-state index contributed by atoms with van der Waals surface area (Å²) in [5, 5.41) is 2.98. The molecule has 1 saturated heterocycles. The Morgan fingerprint density at radius 1 is 0.946 bits per heavy atom. The zero-order valence-electron chi connectivity index (χ0n) is 21.5.